The second-order valence-electron chi connectivity index (χ2n) is 3.39. The van der Waals surface area contributed by atoms with Crippen molar-refractivity contribution in [3.05, 3.63) is 30.1 Å². The number of ether oxygens (including phenoxy) is 1. The molecule has 1 heterocycles. The molecule has 0 saturated carbocycles. The summed E-state index contributed by atoms with van der Waals surface area (Å²) in [4.78, 5) is 16.0. The van der Waals surface area contributed by atoms with Gasteiger partial charge in [0.15, 0.2) is 6.61 Å². The van der Waals surface area contributed by atoms with Gasteiger partial charge in [-0.05, 0) is 11.6 Å². The Morgan fingerprint density at radius 2 is 2.24 bits per heavy atom. The van der Waals surface area contributed by atoms with Crippen molar-refractivity contribution in [1.82, 2.24) is 9.88 Å². The number of carbonyl (C=O) groups is 1. The van der Waals surface area contributed by atoms with Crippen LogP contribution in [0.4, 0.5) is 18.0 Å². The van der Waals surface area contributed by atoms with E-state index >= 15 is 0 Å². The lowest BCUT2D eigenvalue weighted by atomic mass is 10.3. The summed E-state index contributed by atoms with van der Waals surface area (Å²) >= 11 is 0. The van der Waals surface area contributed by atoms with Crippen molar-refractivity contribution in [2.24, 2.45) is 0 Å². The molecule has 0 saturated heterocycles. The number of halogens is 3. The van der Waals surface area contributed by atoms with Crippen molar-refractivity contribution in [3.8, 4) is 0 Å². The van der Waals surface area contributed by atoms with Crippen molar-refractivity contribution in [2.45, 2.75) is 12.7 Å². The highest BCUT2D eigenvalue weighted by molar-refractivity contribution is 5.67. The van der Waals surface area contributed by atoms with Gasteiger partial charge in [0.2, 0.25) is 0 Å². The van der Waals surface area contributed by atoms with Gasteiger partial charge in [0.05, 0.1) is 6.54 Å². The third-order valence-corrected chi connectivity index (χ3v) is 1.81. The number of aromatic nitrogens is 1. The smallest absolute Gasteiger partial charge is 0.422 e. The molecule has 1 aromatic heterocycles. The van der Waals surface area contributed by atoms with Gasteiger partial charge < -0.3 is 9.64 Å². The fourth-order valence-electron chi connectivity index (χ4n) is 1.08. The summed E-state index contributed by atoms with van der Waals surface area (Å²) in [7, 11) is 1.35. The number of alkyl halides is 3. The van der Waals surface area contributed by atoms with Crippen LogP contribution in [-0.2, 0) is 11.3 Å². The minimum absolute atomic E-state index is 0.143. The molecule has 17 heavy (non-hydrogen) atoms. The monoisotopic (exact) mass is 248 g/mol. The Morgan fingerprint density at radius 3 is 2.76 bits per heavy atom. The van der Waals surface area contributed by atoms with Crippen LogP contribution < -0.4 is 0 Å². The summed E-state index contributed by atoms with van der Waals surface area (Å²) in [6, 6.07) is 3.38. The fourth-order valence-corrected chi connectivity index (χ4v) is 1.08. The van der Waals surface area contributed by atoms with Crippen molar-refractivity contribution in [1.29, 1.82) is 0 Å². The molecule has 0 aliphatic carbocycles. The molecule has 0 bridgehead atoms. The van der Waals surface area contributed by atoms with E-state index in [2.05, 4.69) is 9.72 Å². The van der Waals surface area contributed by atoms with Crippen LogP contribution in [0.25, 0.3) is 0 Å². The predicted octanol–water partition coefficient (Wildman–Crippen LogP) is 2.21. The Bertz CT molecular complexity index is 368. The molecular weight excluding hydrogens is 237 g/mol. The number of hydrogen-bond acceptors (Lipinski definition) is 3. The number of hydrogen-bond donors (Lipinski definition) is 0. The van der Waals surface area contributed by atoms with E-state index in [1.54, 1.807) is 18.3 Å². The maximum atomic E-state index is 11.8. The lowest BCUT2D eigenvalue weighted by molar-refractivity contribution is -0.162. The molecular formula is C10H11F3N2O2. The molecule has 1 rings (SSSR count). The van der Waals surface area contributed by atoms with Crippen LogP contribution in [0, 0.1) is 0 Å². The summed E-state index contributed by atoms with van der Waals surface area (Å²) in [5.41, 5.74) is 0.707. The van der Waals surface area contributed by atoms with Crippen LogP contribution in [-0.4, -0.2) is 35.8 Å². The van der Waals surface area contributed by atoms with Gasteiger partial charge in [-0.25, -0.2) is 4.79 Å². The standard InChI is InChI=1S/C10H11F3N2O2/c1-15(6-8-3-2-4-14-5-8)9(16)17-7-10(11,12)13/h2-5H,6-7H2,1H3. The van der Waals surface area contributed by atoms with Crippen molar-refractivity contribution in [3.63, 3.8) is 0 Å². The Labute approximate surface area is 96.0 Å². The van der Waals surface area contributed by atoms with Crippen molar-refractivity contribution >= 4 is 6.09 Å². The van der Waals surface area contributed by atoms with E-state index in [0.29, 0.717) is 5.56 Å². The number of carbonyl (C=O) groups excluding carboxylic acids is 1. The number of rotatable bonds is 3. The number of pyridine rings is 1. The molecule has 0 atom stereocenters. The first kappa shape index (κ1) is 13.3. The molecule has 0 unspecified atom stereocenters. The van der Waals surface area contributed by atoms with E-state index in [0.717, 1.165) is 4.90 Å². The maximum Gasteiger partial charge on any atom is 0.422 e. The largest absolute Gasteiger partial charge is 0.440 e. The zero-order valence-corrected chi connectivity index (χ0v) is 9.07. The zero-order valence-electron chi connectivity index (χ0n) is 9.07. The SMILES string of the molecule is CN(Cc1cccnc1)C(=O)OCC(F)(F)F. The second kappa shape index (κ2) is 5.51. The van der Waals surface area contributed by atoms with Gasteiger partial charge in [-0.1, -0.05) is 6.07 Å². The average molecular weight is 248 g/mol. The predicted molar refractivity (Wildman–Crippen MR) is 53.1 cm³/mol. The molecule has 0 aliphatic rings. The average Bonchev–Trinajstić information content (AvgIpc) is 2.26. The second-order valence-corrected chi connectivity index (χ2v) is 3.39. The van der Waals surface area contributed by atoms with Gasteiger partial charge >= 0.3 is 12.3 Å². The summed E-state index contributed by atoms with van der Waals surface area (Å²) in [5, 5.41) is 0. The van der Waals surface area contributed by atoms with Crippen molar-refractivity contribution < 1.29 is 22.7 Å². The number of nitrogens with zero attached hydrogens (tertiary/aromatic N) is 2. The van der Waals surface area contributed by atoms with E-state index < -0.39 is 18.9 Å². The molecule has 0 spiro atoms. The molecule has 1 amide bonds. The van der Waals surface area contributed by atoms with Gasteiger partial charge in [-0.3, -0.25) is 4.98 Å². The molecule has 0 aliphatic heterocycles. The van der Waals surface area contributed by atoms with Crippen LogP contribution >= 0.6 is 0 Å². The first-order chi connectivity index (χ1) is 7.88. The minimum Gasteiger partial charge on any atom is -0.440 e. The van der Waals surface area contributed by atoms with Crippen LogP contribution in [0.5, 0.6) is 0 Å². The molecule has 1 aromatic rings. The highest BCUT2D eigenvalue weighted by atomic mass is 19.4. The molecule has 94 valence electrons. The molecule has 0 N–H and O–H groups in total. The first-order valence-electron chi connectivity index (χ1n) is 4.72. The third kappa shape index (κ3) is 5.19. The Hall–Kier alpha value is -1.79. The topological polar surface area (TPSA) is 42.4 Å². The van der Waals surface area contributed by atoms with Crippen LogP contribution in [0.3, 0.4) is 0 Å². The summed E-state index contributed by atoms with van der Waals surface area (Å²) in [6.45, 7) is -1.44. The Balaban J connectivity index is 2.43. The molecule has 0 fully saturated rings. The van der Waals surface area contributed by atoms with Crippen LogP contribution in [0.2, 0.25) is 0 Å². The summed E-state index contributed by atoms with van der Waals surface area (Å²) in [6.07, 6.45) is -2.45. The van der Waals surface area contributed by atoms with Gasteiger partial charge in [0.1, 0.15) is 0 Å². The quantitative estimate of drug-likeness (QED) is 0.823. The normalized spacial score (nSPS) is 11.1. The van der Waals surface area contributed by atoms with Gasteiger partial charge in [-0.2, -0.15) is 13.2 Å². The lowest BCUT2D eigenvalue weighted by Crippen LogP contribution is -2.30. The van der Waals surface area contributed by atoms with Gasteiger partial charge in [-0.15, -0.1) is 0 Å². The Kier molecular flexibility index (Phi) is 4.30. The van der Waals surface area contributed by atoms with Crippen molar-refractivity contribution in [2.75, 3.05) is 13.7 Å². The van der Waals surface area contributed by atoms with Gasteiger partial charge in [0.25, 0.3) is 0 Å². The molecule has 0 aromatic carbocycles. The van der Waals surface area contributed by atoms with Crippen LogP contribution in [0.1, 0.15) is 5.56 Å². The molecule has 7 heteroatoms. The highest BCUT2D eigenvalue weighted by Gasteiger charge is 2.30. The number of amides is 1. The highest BCUT2D eigenvalue weighted by Crippen LogP contribution is 2.15. The maximum absolute atomic E-state index is 11.8. The van der Waals surface area contributed by atoms with E-state index in [1.807, 2.05) is 0 Å². The van der Waals surface area contributed by atoms with E-state index in [9.17, 15) is 18.0 Å². The minimum atomic E-state index is -4.51. The lowest BCUT2D eigenvalue weighted by Gasteiger charge is -2.17. The van der Waals surface area contributed by atoms with E-state index in [1.165, 1.54) is 13.2 Å². The fraction of sp³-hybridized carbons (Fsp3) is 0.400. The van der Waals surface area contributed by atoms with E-state index in [4.69, 9.17) is 0 Å². The zero-order chi connectivity index (χ0) is 12.9. The summed E-state index contributed by atoms with van der Waals surface area (Å²) in [5.74, 6) is 0. The Morgan fingerprint density at radius 1 is 1.53 bits per heavy atom. The summed E-state index contributed by atoms with van der Waals surface area (Å²) < 4.78 is 39.5. The third-order valence-electron chi connectivity index (χ3n) is 1.81. The first-order valence-corrected chi connectivity index (χ1v) is 4.72. The van der Waals surface area contributed by atoms with Gasteiger partial charge in [0, 0.05) is 19.4 Å². The van der Waals surface area contributed by atoms with Crippen LogP contribution in [0.15, 0.2) is 24.5 Å². The van der Waals surface area contributed by atoms with E-state index in [-0.39, 0.29) is 6.54 Å². The molecule has 0 radical (unpaired) electrons. The molecule has 4 nitrogen and oxygen atoms in total.